The van der Waals surface area contributed by atoms with Gasteiger partial charge in [0.25, 0.3) is 0 Å². The van der Waals surface area contributed by atoms with E-state index in [4.69, 9.17) is 9.15 Å². The van der Waals surface area contributed by atoms with Crippen molar-refractivity contribution in [3.63, 3.8) is 0 Å². The standard InChI is InChI=1S/C20H22F3N5O4/c1-2-7-31-19(30)28-6-5-27(11-16(28)18(29)26-12-20(21,22)23)10-15-3-4-17(32-15)14-8-24-13-25-9-14/h2-4,8-9,13,16H,1,5-7,10-12H2,(H,26,29)/t16-/m0/s1. The van der Waals surface area contributed by atoms with Gasteiger partial charge >= 0.3 is 12.3 Å². The zero-order valence-corrected chi connectivity index (χ0v) is 17.0. The second kappa shape index (κ2) is 10.3. The highest BCUT2D eigenvalue weighted by atomic mass is 19.4. The fraction of sp³-hybridized carbons (Fsp3) is 0.400. The number of furan rings is 1. The number of nitrogens with one attached hydrogen (secondary N) is 1. The van der Waals surface area contributed by atoms with Gasteiger partial charge in [0.15, 0.2) is 0 Å². The van der Waals surface area contributed by atoms with Gasteiger partial charge in [-0.05, 0) is 12.1 Å². The largest absolute Gasteiger partial charge is 0.460 e. The quantitative estimate of drug-likeness (QED) is 0.642. The molecule has 1 aliphatic heterocycles. The van der Waals surface area contributed by atoms with Crippen LogP contribution in [-0.4, -0.2) is 76.8 Å². The van der Waals surface area contributed by atoms with Gasteiger partial charge in [0.05, 0.1) is 12.1 Å². The third-order valence-electron chi connectivity index (χ3n) is 4.68. The lowest BCUT2D eigenvalue weighted by Gasteiger charge is -2.39. The van der Waals surface area contributed by atoms with Gasteiger partial charge in [-0.2, -0.15) is 13.2 Å². The number of aromatic nitrogens is 2. The van der Waals surface area contributed by atoms with Crippen molar-refractivity contribution in [2.24, 2.45) is 0 Å². The van der Waals surface area contributed by atoms with Crippen molar-refractivity contribution < 1.29 is 31.9 Å². The summed E-state index contributed by atoms with van der Waals surface area (Å²) in [5.74, 6) is 0.233. The van der Waals surface area contributed by atoms with Gasteiger partial charge in [0.1, 0.15) is 37.0 Å². The molecule has 0 aromatic carbocycles. The highest BCUT2D eigenvalue weighted by molar-refractivity contribution is 5.86. The number of hydrogen-bond donors (Lipinski definition) is 1. The number of nitrogens with zero attached hydrogens (tertiary/aromatic N) is 4. The number of carbonyl (C=O) groups excluding carboxylic acids is 2. The van der Waals surface area contributed by atoms with Gasteiger partial charge in [-0.15, -0.1) is 0 Å². The molecule has 172 valence electrons. The van der Waals surface area contributed by atoms with Crippen molar-refractivity contribution in [2.75, 3.05) is 32.8 Å². The van der Waals surface area contributed by atoms with Crippen LogP contribution in [0, 0.1) is 0 Å². The predicted octanol–water partition coefficient (Wildman–Crippen LogP) is 2.22. The number of piperazine rings is 1. The minimum absolute atomic E-state index is 0.0113. The monoisotopic (exact) mass is 453 g/mol. The molecule has 0 spiro atoms. The first-order valence-electron chi connectivity index (χ1n) is 9.72. The number of amides is 2. The smallest absolute Gasteiger partial charge is 0.410 e. The highest BCUT2D eigenvalue weighted by Gasteiger charge is 2.38. The lowest BCUT2D eigenvalue weighted by atomic mass is 10.1. The third kappa shape index (κ3) is 6.30. The molecule has 2 aromatic heterocycles. The van der Waals surface area contributed by atoms with Crippen LogP contribution in [0.2, 0.25) is 0 Å². The summed E-state index contributed by atoms with van der Waals surface area (Å²) < 4.78 is 48.4. The van der Waals surface area contributed by atoms with Crippen LogP contribution in [0.15, 0.2) is 47.9 Å². The zero-order chi connectivity index (χ0) is 23.1. The molecule has 0 radical (unpaired) electrons. The second-order valence-electron chi connectivity index (χ2n) is 7.04. The van der Waals surface area contributed by atoms with Gasteiger partial charge in [-0.1, -0.05) is 12.7 Å². The number of rotatable bonds is 7. The molecule has 1 atom stereocenters. The molecule has 1 saturated heterocycles. The van der Waals surface area contributed by atoms with Crippen LogP contribution >= 0.6 is 0 Å². The zero-order valence-electron chi connectivity index (χ0n) is 17.0. The Balaban J connectivity index is 1.68. The van der Waals surface area contributed by atoms with Crippen LogP contribution in [0.4, 0.5) is 18.0 Å². The maximum atomic E-state index is 12.5. The molecule has 1 aliphatic rings. The molecule has 12 heteroatoms. The van der Waals surface area contributed by atoms with Gasteiger partial charge < -0.3 is 14.5 Å². The minimum atomic E-state index is -4.57. The van der Waals surface area contributed by atoms with E-state index in [-0.39, 0.29) is 19.7 Å². The Bertz CT molecular complexity index is 935. The van der Waals surface area contributed by atoms with E-state index in [9.17, 15) is 22.8 Å². The van der Waals surface area contributed by atoms with E-state index in [0.717, 1.165) is 4.90 Å². The maximum Gasteiger partial charge on any atom is 0.410 e. The summed E-state index contributed by atoms with van der Waals surface area (Å²) in [6.07, 6.45) is 0.607. The number of halogens is 3. The summed E-state index contributed by atoms with van der Waals surface area (Å²) in [6.45, 7) is 2.66. The molecule has 32 heavy (non-hydrogen) atoms. The van der Waals surface area contributed by atoms with E-state index >= 15 is 0 Å². The Kier molecular flexibility index (Phi) is 7.46. The van der Waals surface area contributed by atoms with Crippen molar-refractivity contribution in [3.8, 4) is 11.3 Å². The van der Waals surface area contributed by atoms with Gasteiger partial charge in [0, 0.05) is 32.0 Å². The van der Waals surface area contributed by atoms with E-state index in [2.05, 4.69) is 16.5 Å². The van der Waals surface area contributed by atoms with Crippen molar-refractivity contribution >= 4 is 12.0 Å². The fourth-order valence-corrected chi connectivity index (χ4v) is 3.21. The maximum absolute atomic E-state index is 12.5. The molecule has 0 aliphatic carbocycles. The van der Waals surface area contributed by atoms with Crippen molar-refractivity contribution in [1.82, 2.24) is 25.1 Å². The van der Waals surface area contributed by atoms with Crippen LogP contribution in [0.25, 0.3) is 11.3 Å². The third-order valence-corrected chi connectivity index (χ3v) is 4.68. The van der Waals surface area contributed by atoms with Crippen LogP contribution in [0.1, 0.15) is 5.76 Å². The summed E-state index contributed by atoms with van der Waals surface area (Å²) in [4.78, 5) is 35.6. The highest BCUT2D eigenvalue weighted by Crippen LogP contribution is 2.23. The minimum Gasteiger partial charge on any atom is -0.460 e. The molecule has 3 heterocycles. The van der Waals surface area contributed by atoms with Gasteiger partial charge in [-0.25, -0.2) is 14.8 Å². The Labute approximate surface area is 181 Å². The van der Waals surface area contributed by atoms with E-state index in [0.29, 0.717) is 30.2 Å². The van der Waals surface area contributed by atoms with Crippen LogP contribution in [0.5, 0.6) is 0 Å². The summed E-state index contributed by atoms with van der Waals surface area (Å²) in [5.41, 5.74) is 0.693. The Morgan fingerprint density at radius 1 is 1.28 bits per heavy atom. The Morgan fingerprint density at radius 2 is 2.03 bits per heavy atom. The summed E-state index contributed by atoms with van der Waals surface area (Å²) in [5, 5.41) is 1.85. The molecule has 2 aromatic rings. The molecule has 1 N–H and O–H groups in total. The van der Waals surface area contributed by atoms with Crippen LogP contribution < -0.4 is 5.32 Å². The molecule has 2 amide bonds. The van der Waals surface area contributed by atoms with E-state index in [1.165, 1.54) is 12.4 Å². The number of alkyl halides is 3. The number of carbonyl (C=O) groups is 2. The first kappa shape index (κ1) is 23.3. The fourth-order valence-electron chi connectivity index (χ4n) is 3.21. The van der Waals surface area contributed by atoms with Crippen molar-refractivity contribution in [3.05, 3.63) is 49.3 Å². The van der Waals surface area contributed by atoms with Crippen LogP contribution in [-0.2, 0) is 16.1 Å². The molecule has 0 unspecified atom stereocenters. The van der Waals surface area contributed by atoms with Crippen molar-refractivity contribution in [2.45, 2.75) is 18.8 Å². The first-order valence-corrected chi connectivity index (χ1v) is 9.72. The van der Waals surface area contributed by atoms with E-state index < -0.39 is 30.8 Å². The Hall–Kier alpha value is -3.41. The molecule has 1 fully saturated rings. The molecule has 0 saturated carbocycles. The van der Waals surface area contributed by atoms with Crippen LogP contribution in [0.3, 0.4) is 0 Å². The average molecular weight is 453 g/mol. The topological polar surface area (TPSA) is 101 Å². The SMILES string of the molecule is C=CCOC(=O)N1CCN(Cc2ccc(-c3cncnc3)o2)C[C@H]1C(=O)NCC(F)(F)F. The number of hydrogen-bond acceptors (Lipinski definition) is 7. The normalized spacial score (nSPS) is 17.1. The summed E-state index contributed by atoms with van der Waals surface area (Å²) >= 11 is 0. The summed E-state index contributed by atoms with van der Waals surface area (Å²) in [7, 11) is 0. The molecule has 9 nitrogen and oxygen atoms in total. The molecule has 0 bridgehead atoms. The Morgan fingerprint density at radius 3 is 2.72 bits per heavy atom. The molecular formula is C20H22F3N5O4. The van der Waals surface area contributed by atoms with Gasteiger partial charge in [-0.3, -0.25) is 14.6 Å². The molecular weight excluding hydrogens is 431 g/mol. The number of ether oxygens (including phenoxy) is 1. The van der Waals surface area contributed by atoms with E-state index in [1.54, 1.807) is 24.5 Å². The lowest BCUT2D eigenvalue weighted by Crippen LogP contribution is -2.61. The lowest BCUT2D eigenvalue weighted by molar-refractivity contribution is -0.142. The van der Waals surface area contributed by atoms with E-state index in [1.807, 2.05) is 10.2 Å². The van der Waals surface area contributed by atoms with Crippen molar-refractivity contribution in [1.29, 1.82) is 0 Å². The van der Waals surface area contributed by atoms with Gasteiger partial charge in [0.2, 0.25) is 5.91 Å². The average Bonchev–Trinajstić information content (AvgIpc) is 3.24. The molecule has 3 rings (SSSR count). The summed E-state index contributed by atoms with van der Waals surface area (Å²) in [6, 6.07) is 2.36. The second-order valence-corrected chi connectivity index (χ2v) is 7.04. The predicted molar refractivity (Wildman–Crippen MR) is 106 cm³/mol. The first-order chi connectivity index (χ1) is 15.3.